The maximum absolute atomic E-state index is 13.0. The molecule has 0 aliphatic carbocycles. The molecular formula is C23H30N2O3S. The van der Waals surface area contributed by atoms with Gasteiger partial charge in [-0.25, -0.2) is 9.79 Å². The molecular weight excluding hydrogens is 384 g/mol. The van der Waals surface area contributed by atoms with E-state index in [9.17, 15) is 9.59 Å². The number of amidine groups is 1. The van der Waals surface area contributed by atoms with Crippen molar-refractivity contribution in [1.82, 2.24) is 4.90 Å². The van der Waals surface area contributed by atoms with Crippen LogP contribution in [0.2, 0.25) is 0 Å². The molecule has 5 nitrogen and oxygen atoms in total. The van der Waals surface area contributed by atoms with Crippen molar-refractivity contribution in [2.75, 3.05) is 6.61 Å². The Labute approximate surface area is 177 Å². The molecule has 1 aromatic rings. The lowest BCUT2D eigenvalue weighted by Crippen LogP contribution is -2.40. The largest absolute Gasteiger partial charge is 0.462 e. The van der Waals surface area contributed by atoms with Crippen molar-refractivity contribution in [3.05, 3.63) is 46.7 Å². The van der Waals surface area contributed by atoms with E-state index >= 15 is 0 Å². The fourth-order valence-corrected chi connectivity index (χ4v) is 4.49. The number of carbonyl (C=O) groups is 2. The summed E-state index contributed by atoms with van der Waals surface area (Å²) in [6.45, 7) is 14.5. The van der Waals surface area contributed by atoms with E-state index in [1.807, 2.05) is 39.8 Å². The van der Waals surface area contributed by atoms with Gasteiger partial charge in [0, 0.05) is 0 Å². The van der Waals surface area contributed by atoms with Crippen LogP contribution in [0.3, 0.4) is 0 Å². The van der Waals surface area contributed by atoms with Crippen LogP contribution >= 0.6 is 11.8 Å². The van der Waals surface area contributed by atoms with Crippen molar-refractivity contribution in [3.63, 3.8) is 0 Å². The van der Waals surface area contributed by atoms with E-state index < -0.39 is 12.0 Å². The van der Waals surface area contributed by atoms with Crippen molar-refractivity contribution < 1.29 is 14.3 Å². The number of thioether (sulfide) groups is 1. The van der Waals surface area contributed by atoms with Crippen LogP contribution in [0.15, 0.2) is 40.5 Å². The van der Waals surface area contributed by atoms with Gasteiger partial charge < -0.3 is 4.74 Å². The number of fused-ring (bicyclic) bond motifs is 1. The molecule has 0 spiro atoms. The lowest BCUT2D eigenvalue weighted by atomic mass is 9.85. The number of carbonyl (C=O) groups excluding carboxylic acids is 2. The number of ether oxygens (including phenoxy) is 1. The molecule has 2 aliphatic heterocycles. The summed E-state index contributed by atoms with van der Waals surface area (Å²) in [7, 11) is 0. The Morgan fingerprint density at radius 2 is 1.86 bits per heavy atom. The minimum Gasteiger partial charge on any atom is -0.462 e. The summed E-state index contributed by atoms with van der Waals surface area (Å²) in [6, 6.07) is 7.66. The normalized spacial score (nSPS) is 22.1. The molecule has 2 heterocycles. The monoisotopic (exact) mass is 414 g/mol. The fourth-order valence-electron chi connectivity index (χ4n) is 3.46. The number of allylic oxidation sites excluding steroid dienone is 1. The molecule has 3 rings (SSSR count). The second-order valence-electron chi connectivity index (χ2n) is 9.13. The van der Waals surface area contributed by atoms with Gasteiger partial charge in [0.1, 0.15) is 0 Å². The van der Waals surface area contributed by atoms with Gasteiger partial charge in [-0.2, -0.15) is 0 Å². The highest BCUT2D eigenvalue weighted by Crippen LogP contribution is 2.43. The van der Waals surface area contributed by atoms with Crippen LogP contribution < -0.4 is 0 Å². The SMILES string of the molecule is CC1=C(C(=O)OCC(C)C)[C@H](c2ccc(C(C)(C)C)cc2)N2C(=O)[C@@H](C)SC2=N1. The summed E-state index contributed by atoms with van der Waals surface area (Å²) in [5.74, 6) is -0.197. The van der Waals surface area contributed by atoms with Crippen molar-refractivity contribution in [3.8, 4) is 0 Å². The Bertz CT molecular complexity index is 878. The quantitative estimate of drug-likeness (QED) is 0.662. The molecule has 0 radical (unpaired) electrons. The number of rotatable bonds is 4. The summed E-state index contributed by atoms with van der Waals surface area (Å²) in [4.78, 5) is 32.2. The molecule has 156 valence electrons. The highest BCUT2D eigenvalue weighted by atomic mass is 32.2. The molecule has 0 bridgehead atoms. The van der Waals surface area contributed by atoms with Crippen molar-refractivity contribution in [1.29, 1.82) is 0 Å². The Hall–Kier alpha value is -2.08. The van der Waals surface area contributed by atoms with Crippen LogP contribution in [-0.4, -0.2) is 33.8 Å². The van der Waals surface area contributed by atoms with Crippen LogP contribution in [0, 0.1) is 5.92 Å². The van der Waals surface area contributed by atoms with Crippen LogP contribution in [0.1, 0.15) is 65.6 Å². The van der Waals surface area contributed by atoms with Crippen molar-refractivity contribution in [2.24, 2.45) is 10.9 Å². The van der Waals surface area contributed by atoms with E-state index in [1.54, 1.807) is 4.90 Å². The van der Waals surface area contributed by atoms with E-state index in [0.29, 0.717) is 23.0 Å². The molecule has 1 amide bonds. The number of aliphatic imine (C=N–C) groups is 1. The molecule has 0 N–H and O–H groups in total. The van der Waals surface area contributed by atoms with E-state index in [0.717, 1.165) is 5.56 Å². The zero-order valence-corrected chi connectivity index (χ0v) is 19.1. The number of hydrogen-bond acceptors (Lipinski definition) is 5. The minimum absolute atomic E-state index is 0.0241. The predicted octanol–water partition coefficient (Wildman–Crippen LogP) is 4.83. The molecule has 6 heteroatoms. The van der Waals surface area contributed by atoms with Crippen LogP contribution in [0.4, 0.5) is 0 Å². The highest BCUT2D eigenvalue weighted by Gasteiger charge is 2.46. The summed E-state index contributed by atoms with van der Waals surface area (Å²) < 4.78 is 5.54. The van der Waals surface area contributed by atoms with Crippen molar-refractivity contribution >= 4 is 28.8 Å². The Morgan fingerprint density at radius 1 is 1.24 bits per heavy atom. The molecule has 1 aromatic carbocycles. The van der Waals surface area contributed by atoms with Crippen LogP contribution in [0.5, 0.6) is 0 Å². The van der Waals surface area contributed by atoms with E-state index in [4.69, 9.17) is 4.74 Å². The first-order valence-electron chi connectivity index (χ1n) is 10.1. The van der Waals surface area contributed by atoms with E-state index in [2.05, 4.69) is 37.9 Å². The first-order valence-corrected chi connectivity index (χ1v) is 11.0. The Morgan fingerprint density at radius 3 is 2.41 bits per heavy atom. The summed E-state index contributed by atoms with van der Waals surface area (Å²) >= 11 is 1.44. The van der Waals surface area contributed by atoms with Gasteiger partial charge in [-0.3, -0.25) is 9.69 Å². The maximum atomic E-state index is 13.0. The predicted molar refractivity (Wildman–Crippen MR) is 118 cm³/mol. The number of esters is 1. The van der Waals surface area contributed by atoms with E-state index in [1.165, 1.54) is 17.3 Å². The van der Waals surface area contributed by atoms with Gasteiger partial charge in [0.05, 0.1) is 29.2 Å². The van der Waals surface area contributed by atoms with Crippen LogP contribution in [0.25, 0.3) is 0 Å². The summed E-state index contributed by atoms with van der Waals surface area (Å²) in [5, 5.41) is 0.439. The molecule has 29 heavy (non-hydrogen) atoms. The Balaban J connectivity index is 2.06. The molecule has 1 fully saturated rings. The molecule has 0 saturated carbocycles. The molecule has 2 aliphatic rings. The zero-order chi connectivity index (χ0) is 21.5. The molecule has 0 unspecified atom stereocenters. The average molecular weight is 415 g/mol. The average Bonchev–Trinajstić information content (AvgIpc) is 2.91. The third kappa shape index (κ3) is 4.27. The van der Waals surface area contributed by atoms with Gasteiger partial charge in [0.25, 0.3) is 0 Å². The van der Waals surface area contributed by atoms with Gasteiger partial charge in [-0.1, -0.05) is 70.6 Å². The molecule has 0 aromatic heterocycles. The van der Waals surface area contributed by atoms with Crippen LogP contribution in [-0.2, 0) is 19.7 Å². The second-order valence-corrected chi connectivity index (χ2v) is 10.4. The lowest BCUT2D eigenvalue weighted by Gasteiger charge is -2.33. The summed E-state index contributed by atoms with van der Waals surface area (Å²) in [5.41, 5.74) is 3.18. The fraction of sp³-hybridized carbons (Fsp3) is 0.522. The number of nitrogens with zero attached hydrogens (tertiary/aromatic N) is 2. The first kappa shape index (κ1) is 21.6. The number of benzene rings is 1. The molecule has 2 atom stereocenters. The Kier molecular flexibility index (Phi) is 5.95. The lowest BCUT2D eigenvalue weighted by molar-refractivity contribution is -0.141. The first-order chi connectivity index (χ1) is 13.5. The zero-order valence-electron chi connectivity index (χ0n) is 18.3. The topological polar surface area (TPSA) is 59.0 Å². The smallest absolute Gasteiger partial charge is 0.338 e. The van der Waals surface area contributed by atoms with Gasteiger partial charge in [-0.05, 0) is 36.3 Å². The van der Waals surface area contributed by atoms with Gasteiger partial charge in [0.2, 0.25) is 5.91 Å². The van der Waals surface area contributed by atoms with Gasteiger partial charge >= 0.3 is 5.97 Å². The standard InChI is InChI=1S/C23H30N2O3S/c1-13(2)12-28-21(27)18-14(3)24-22-25(20(26)15(4)29-22)19(18)16-8-10-17(11-9-16)23(5,6)7/h8-11,13,15,19H,12H2,1-7H3/t15-,19+/m1/s1. The van der Waals surface area contributed by atoms with Gasteiger partial charge in [0.15, 0.2) is 5.17 Å². The van der Waals surface area contributed by atoms with Gasteiger partial charge in [-0.15, -0.1) is 0 Å². The van der Waals surface area contributed by atoms with Crippen molar-refractivity contribution in [2.45, 2.75) is 65.2 Å². The number of hydrogen-bond donors (Lipinski definition) is 0. The maximum Gasteiger partial charge on any atom is 0.338 e. The summed E-state index contributed by atoms with van der Waals surface area (Å²) in [6.07, 6.45) is 0. The minimum atomic E-state index is -0.513. The number of amides is 1. The molecule has 1 saturated heterocycles. The second kappa shape index (κ2) is 7.98. The highest BCUT2D eigenvalue weighted by molar-refractivity contribution is 8.15. The van der Waals surface area contributed by atoms with E-state index in [-0.39, 0.29) is 22.5 Å². The third-order valence-corrected chi connectivity index (χ3v) is 6.17. The third-order valence-electron chi connectivity index (χ3n) is 5.12.